The number of methoxy groups -OCH3 is 1. The molecular formula is C9H13NOSe. The Balaban J connectivity index is 2.53. The summed E-state index contributed by atoms with van der Waals surface area (Å²) in [6, 6.07) is 8.20. The maximum atomic E-state index is 5.42. The molecule has 0 amide bonds. The average molecular weight is 230 g/mol. The topological polar surface area (TPSA) is 35.2 Å². The summed E-state index contributed by atoms with van der Waals surface area (Å²) < 4.78 is 6.44. The zero-order valence-corrected chi connectivity index (χ0v) is 8.83. The van der Waals surface area contributed by atoms with Crippen molar-refractivity contribution in [3.8, 4) is 5.75 Å². The standard InChI is InChI=1S/C9H13NOSe/c1-11-8-2-4-9(5-3-8)12-7-6-10/h2-5H,6-7,10H2,1H3. The molecule has 0 aromatic heterocycles. The van der Waals surface area contributed by atoms with E-state index < -0.39 is 0 Å². The number of ether oxygens (including phenoxy) is 1. The van der Waals surface area contributed by atoms with Crippen LogP contribution in [0.1, 0.15) is 0 Å². The van der Waals surface area contributed by atoms with E-state index in [1.165, 1.54) is 4.46 Å². The van der Waals surface area contributed by atoms with Crippen LogP contribution in [0.25, 0.3) is 0 Å². The van der Waals surface area contributed by atoms with E-state index in [9.17, 15) is 0 Å². The summed E-state index contributed by atoms with van der Waals surface area (Å²) in [7, 11) is 1.68. The van der Waals surface area contributed by atoms with Crippen LogP contribution in [0.4, 0.5) is 0 Å². The molecule has 0 spiro atoms. The molecule has 2 N–H and O–H groups in total. The molecule has 1 aromatic rings. The Kier molecular flexibility index (Phi) is 4.15. The summed E-state index contributed by atoms with van der Waals surface area (Å²) in [6.07, 6.45) is 0. The van der Waals surface area contributed by atoms with Crippen LogP contribution < -0.4 is 14.9 Å². The molecule has 66 valence electrons. The zero-order chi connectivity index (χ0) is 8.81. The van der Waals surface area contributed by atoms with Crippen molar-refractivity contribution in [2.24, 2.45) is 5.73 Å². The Morgan fingerprint density at radius 2 is 2.00 bits per heavy atom. The van der Waals surface area contributed by atoms with E-state index in [4.69, 9.17) is 10.5 Å². The van der Waals surface area contributed by atoms with E-state index in [-0.39, 0.29) is 0 Å². The quantitative estimate of drug-likeness (QED) is 0.760. The van der Waals surface area contributed by atoms with E-state index in [0.717, 1.165) is 17.6 Å². The zero-order valence-electron chi connectivity index (χ0n) is 7.12. The molecule has 0 bridgehead atoms. The number of benzene rings is 1. The van der Waals surface area contributed by atoms with E-state index in [1.54, 1.807) is 7.11 Å². The molecule has 0 saturated heterocycles. The Labute approximate surface area is 79.3 Å². The second kappa shape index (κ2) is 5.20. The van der Waals surface area contributed by atoms with Crippen molar-refractivity contribution in [1.82, 2.24) is 0 Å². The van der Waals surface area contributed by atoms with Gasteiger partial charge in [-0.2, -0.15) is 0 Å². The third-order valence-corrected chi connectivity index (χ3v) is 3.64. The minimum absolute atomic E-state index is 0.529. The molecule has 2 nitrogen and oxygen atoms in total. The first-order chi connectivity index (χ1) is 5.86. The van der Waals surface area contributed by atoms with E-state index >= 15 is 0 Å². The molecule has 0 fully saturated rings. The van der Waals surface area contributed by atoms with E-state index in [1.807, 2.05) is 12.1 Å². The van der Waals surface area contributed by atoms with Crippen molar-refractivity contribution >= 4 is 19.4 Å². The monoisotopic (exact) mass is 231 g/mol. The van der Waals surface area contributed by atoms with Crippen LogP contribution >= 0.6 is 0 Å². The SMILES string of the molecule is COc1ccc([Se]CCN)cc1. The van der Waals surface area contributed by atoms with Crippen molar-refractivity contribution in [1.29, 1.82) is 0 Å². The van der Waals surface area contributed by atoms with Gasteiger partial charge in [-0.15, -0.1) is 0 Å². The van der Waals surface area contributed by atoms with Gasteiger partial charge in [-0.3, -0.25) is 0 Å². The van der Waals surface area contributed by atoms with Gasteiger partial charge in [-0.25, -0.2) is 0 Å². The molecule has 1 aromatic carbocycles. The Morgan fingerprint density at radius 3 is 2.50 bits per heavy atom. The van der Waals surface area contributed by atoms with Crippen LogP contribution in [0.2, 0.25) is 5.32 Å². The summed E-state index contributed by atoms with van der Waals surface area (Å²) in [5.74, 6) is 0.919. The van der Waals surface area contributed by atoms with Crippen LogP contribution in [-0.2, 0) is 0 Å². The molecule has 0 saturated carbocycles. The number of nitrogens with two attached hydrogens (primary N) is 1. The molecule has 0 atom stereocenters. The Hall–Kier alpha value is -0.501. The van der Waals surface area contributed by atoms with Gasteiger partial charge in [0.25, 0.3) is 0 Å². The van der Waals surface area contributed by atoms with Crippen LogP contribution in [0.5, 0.6) is 5.75 Å². The first-order valence-electron chi connectivity index (χ1n) is 3.83. The summed E-state index contributed by atoms with van der Waals surface area (Å²) in [4.78, 5) is 0. The Bertz CT molecular complexity index is 222. The molecule has 0 heterocycles. The fraction of sp³-hybridized carbons (Fsp3) is 0.333. The van der Waals surface area contributed by atoms with Gasteiger partial charge in [0.15, 0.2) is 0 Å². The van der Waals surface area contributed by atoms with Crippen molar-refractivity contribution in [3.63, 3.8) is 0 Å². The third-order valence-electron chi connectivity index (χ3n) is 1.45. The maximum absolute atomic E-state index is 5.42. The fourth-order valence-electron chi connectivity index (χ4n) is 0.849. The second-order valence-electron chi connectivity index (χ2n) is 2.31. The number of hydrogen-bond acceptors (Lipinski definition) is 2. The summed E-state index contributed by atoms with van der Waals surface area (Å²) in [5.41, 5.74) is 5.42. The minimum atomic E-state index is 0.529. The van der Waals surface area contributed by atoms with Gasteiger partial charge in [0, 0.05) is 0 Å². The molecule has 3 heteroatoms. The molecule has 0 aliphatic carbocycles. The van der Waals surface area contributed by atoms with Gasteiger partial charge >= 0.3 is 78.9 Å². The summed E-state index contributed by atoms with van der Waals surface area (Å²) in [6.45, 7) is 0.784. The molecule has 0 aliphatic rings. The molecule has 0 radical (unpaired) electrons. The molecule has 12 heavy (non-hydrogen) atoms. The fourth-order valence-corrected chi connectivity index (χ4v) is 2.28. The van der Waals surface area contributed by atoms with Gasteiger partial charge in [-0.05, 0) is 0 Å². The van der Waals surface area contributed by atoms with Crippen LogP contribution in [-0.4, -0.2) is 28.6 Å². The van der Waals surface area contributed by atoms with Gasteiger partial charge < -0.3 is 0 Å². The van der Waals surface area contributed by atoms with Gasteiger partial charge in [-0.1, -0.05) is 0 Å². The van der Waals surface area contributed by atoms with Crippen LogP contribution in [0.15, 0.2) is 24.3 Å². The normalized spacial score (nSPS) is 9.83. The van der Waals surface area contributed by atoms with Gasteiger partial charge in [0.05, 0.1) is 0 Å². The molecule has 0 aliphatic heterocycles. The third kappa shape index (κ3) is 2.86. The van der Waals surface area contributed by atoms with Crippen molar-refractivity contribution in [3.05, 3.63) is 24.3 Å². The molecular weight excluding hydrogens is 217 g/mol. The molecule has 0 unspecified atom stereocenters. The summed E-state index contributed by atoms with van der Waals surface area (Å²) >= 11 is 0.529. The first-order valence-corrected chi connectivity index (χ1v) is 5.90. The van der Waals surface area contributed by atoms with E-state index in [0.29, 0.717) is 15.0 Å². The number of hydrogen-bond donors (Lipinski definition) is 1. The average Bonchev–Trinajstić information content (AvgIpc) is 2.15. The first kappa shape index (κ1) is 9.59. The molecule has 1 rings (SSSR count). The predicted octanol–water partition coefficient (Wildman–Crippen LogP) is 0.402. The second-order valence-corrected chi connectivity index (χ2v) is 4.76. The predicted molar refractivity (Wildman–Crippen MR) is 52.2 cm³/mol. The summed E-state index contributed by atoms with van der Waals surface area (Å²) in [5, 5.41) is 1.11. The number of rotatable bonds is 4. The van der Waals surface area contributed by atoms with Gasteiger partial charge in [0.1, 0.15) is 0 Å². The van der Waals surface area contributed by atoms with Crippen LogP contribution in [0.3, 0.4) is 0 Å². The van der Waals surface area contributed by atoms with Crippen molar-refractivity contribution in [2.75, 3.05) is 13.7 Å². The van der Waals surface area contributed by atoms with Crippen LogP contribution in [0, 0.1) is 0 Å². The van der Waals surface area contributed by atoms with Crippen molar-refractivity contribution < 1.29 is 4.74 Å². The van der Waals surface area contributed by atoms with Crippen molar-refractivity contribution in [2.45, 2.75) is 5.32 Å². The van der Waals surface area contributed by atoms with E-state index in [2.05, 4.69) is 12.1 Å². The Morgan fingerprint density at radius 1 is 1.33 bits per heavy atom. The van der Waals surface area contributed by atoms with Gasteiger partial charge in [0.2, 0.25) is 0 Å².